The predicted molar refractivity (Wildman–Crippen MR) is 120 cm³/mol. The SMILES string of the molecule is COc1cnc2nc(C(F)F)nc(SCC(=O)c3ccc(C4(O)CCN(C(=O)CO)C4)nc3)c2c1. The van der Waals surface area contributed by atoms with Gasteiger partial charge in [0.2, 0.25) is 5.91 Å². The summed E-state index contributed by atoms with van der Waals surface area (Å²) < 4.78 is 31.6. The molecule has 10 nitrogen and oxygen atoms in total. The minimum absolute atomic E-state index is 0.00665. The van der Waals surface area contributed by atoms with E-state index in [0.29, 0.717) is 16.8 Å². The van der Waals surface area contributed by atoms with Crippen LogP contribution < -0.4 is 4.74 Å². The first-order valence-electron chi connectivity index (χ1n) is 10.5. The monoisotopic (exact) mass is 505 g/mol. The Morgan fingerprint density at radius 3 is 2.71 bits per heavy atom. The molecule has 1 aliphatic rings. The van der Waals surface area contributed by atoms with Crippen molar-refractivity contribution in [2.45, 2.75) is 23.5 Å². The third-order valence-corrected chi connectivity index (χ3v) is 6.57. The number of halogens is 2. The average Bonchev–Trinajstić information content (AvgIpc) is 3.29. The van der Waals surface area contributed by atoms with E-state index in [4.69, 9.17) is 9.84 Å². The molecule has 0 spiro atoms. The third-order valence-electron chi connectivity index (χ3n) is 5.58. The molecule has 1 unspecified atom stereocenters. The lowest BCUT2D eigenvalue weighted by Gasteiger charge is -2.22. The van der Waals surface area contributed by atoms with E-state index in [1.54, 1.807) is 6.07 Å². The number of hydrogen-bond acceptors (Lipinski definition) is 10. The van der Waals surface area contributed by atoms with Crippen molar-refractivity contribution in [2.24, 2.45) is 0 Å². The number of hydrogen-bond donors (Lipinski definition) is 2. The van der Waals surface area contributed by atoms with Gasteiger partial charge in [-0.25, -0.2) is 23.7 Å². The Labute approximate surface area is 202 Å². The highest BCUT2D eigenvalue weighted by Crippen LogP contribution is 2.32. The van der Waals surface area contributed by atoms with Gasteiger partial charge in [-0.2, -0.15) is 0 Å². The van der Waals surface area contributed by atoms with Crippen LogP contribution in [0, 0.1) is 0 Å². The van der Waals surface area contributed by atoms with E-state index in [0.717, 1.165) is 11.8 Å². The summed E-state index contributed by atoms with van der Waals surface area (Å²) in [6, 6.07) is 4.58. The number of Topliss-reactive ketones (excluding diaryl/α,β-unsaturated/α-hetero) is 1. The van der Waals surface area contributed by atoms with Gasteiger partial charge in [-0.1, -0.05) is 11.8 Å². The molecule has 1 saturated heterocycles. The van der Waals surface area contributed by atoms with Gasteiger partial charge < -0.3 is 19.8 Å². The van der Waals surface area contributed by atoms with E-state index in [2.05, 4.69) is 19.9 Å². The number of ether oxygens (including phenoxy) is 1. The number of nitrogens with zero attached hydrogens (tertiary/aromatic N) is 5. The number of ketones is 1. The Morgan fingerprint density at radius 2 is 2.06 bits per heavy atom. The molecular formula is C22H21F2N5O5S. The molecule has 4 heterocycles. The Hall–Kier alpha value is -3.29. The maximum absolute atomic E-state index is 13.3. The van der Waals surface area contributed by atoms with Crippen LogP contribution in [-0.4, -0.2) is 79.3 Å². The zero-order valence-corrected chi connectivity index (χ0v) is 19.3. The molecule has 1 amide bonds. The summed E-state index contributed by atoms with van der Waals surface area (Å²) in [6.07, 6.45) is 0.0221. The summed E-state index contributed by atoms with van der Waals surface area (Å²) in [5, 5.41) is 20.4. The second-order valence-electron chi connectivity index (χ2n) is 7.83. The molecule has 3 aromatic heterocycles. The molecule has 184 valence electrons. The number of likely N-dealkylation sites (tertiary alicyclic amines) is 1. The normalized spacial score (nSPS) is 17.8. The van der Waals surface area contributed by atoms with Gasteiger partial charge in [0.05, 0.1) is 36.7 Å². The highest BCUT2D eigenvalue weighted by Gasteiger charge is 2.40. The van der Waals surface area contributed by atoms with Crippen molar-refractivity contribution >= 4 is 34.5 Å². The maximum atomic E-state index is 13.3. The Morgan fingerprint density at radius 1 is 1.26 bits per heavy atom. The van der Waals surface area contributed by atoms with Crippen molar-refractivity contribution in [1.29, 1.82) is 0 Å². The molecular weight excluding hydrogens is 484 g/mol. The van der Waals surface area contributed by atoms with Crippen LogP contribution in [-0.2, 0) is 10.4 Å². The van der Waals surface area contributed by atoms with Crippen molar-refractivity contribution in [2.75, 3.05) is 32.6 Å². The summed E-state index contributed by atoms with van der Waals surface area (Å²) in [6.45, 7) is -0.368. The third kappa shape index (κ3) is 5.21. The molecule has 0 aromatic carbocycles. The molecule has 1 fully saturated rings. The number of aliphatic hydroxyl groups is 2. The van der Waals surface area contributed by atoms with E-state index in [1.807, 2.05) is 0 Å². The Balaban J connectivity index is 1.50. The fraction of sp³-hybridized carbons (Fsp3) is 0.364. The van der Waals surface area contributed by atoms with Crippen LogP contribution in [0.25, 0.3) is 11.0 Å². The molecule has 3 aromatic rings. The van der Waals surface area contributed by atoms with E-state index in [-0.39, 0.29) is 47.3 Å². The minimum Gasteiger partial charge on any atom is -0.495 e. The first-order valence-corrected chi connectivity index (χ1v) is 11.5. The van der Waals surface area contributed by atoms with Crippen LogP contribution in [0.4, 0.5) is 8.78 Å². The fourth-order valence-electron chi connectivity index (χ4n) is 3.67. The van der Waals surface area contributed by atoms with Gasteiger partial charge in [-0.15, -0.1) is 0 Å². The predicted octanol–water partition coefficient (Wildman–Crippen LogP) is 1.75. The van der Waals surface area contributed by atoms with Gasteiger partial charge in [0.1, 0.15) is 23.0 Å². The molecule has 0 aliphatic carbocycles. The highest BCUT2D eigenvalue weighted by molar-refractivity contribution is 8.00. The standard InChI is InChI=1S/C22H21F2N5O5S/c1-34-13-6-14-19(26-8-13)27-20(18(23)24)28-21(14)35-10-15(31)12-2-3-16(25-7-12)22(33)4-5-29(11-22)17(32)9-30/h2-3,6-8,18,30,33H,4-5,9-11H2,1H3. The number of carbonyl (C=O) groups is 2. The summed E-state index contributed by atoms with van der Waals surface area (Å²) in [4.78, 5) is 41.7. The zero-order chi connectivity index (χ0) is 25.2. The van der Waals surface area contributed by atoms with Gasteiger partial charge in [0.15, 0.2) is 17.3 Å². The number of aliphatic hydroxyl groups excluding tert-OH is 1. The van der Waals surface area contributed by atoms with Crippen LogP contribution in [0.3, 0.4) is 0 Å². The summed E-state index contributed by atoms with van der Waals surface area (Å²) in [7, 11) is 1.44. The smallest absolute Gasteiger partial charge is 0.297 e. The van der Waals surface area contributed by atoms with Crippen LogP contribution in [0.2, 0.25) is 0 Å². The van der Waals surface area contributed by atoms with Gasteiger partial charge in [0, 0.05) is 24.7 Å². The number of rotatable bonds is 8. The molecule has 1 aliphatic heterocycles. The van der Waals surface area contributed by atoms with Crippen LogP contribution >= 0.6 is 11.8 Å². The molecule has 35 heavy (non-hydrogen) atoms. The minimum atomic E-state index is -2.90. The molecule has 0 bridgehead atoms. The first kappa shape index (κ1) is 24.8. The van der Waals surface area contributed by atoms with Crippen molar-refractivity contribution in [1.82, 2.24) is 24.8 Å². The van der Waals surface area contributed by atoms with Gasteiger partial charge in [-0.3, -0.25) is 14.6 Å². The zero-order valence-electron chi connectivity index (χ0n) is 18.5. The topological polar surface area (TPSA) is 139 Å². The summed E-state index contributed by atoms with van der Waals surface area (Å²) >= 11 is 0.964. The summed E-state index contributed by atoms with van der Waals surface area (Å²) in [5.41, 5.74) is -0.750. The van der Waals surface area contributed by atoms with Crippen LogP contribution in [0.1, 0.15) is 34.7 Å². The number of alkyl halides is 2. The van der Waals surface area contributed by atoms with Crippen molar-refractivity contribution in [3.05, 3.63) is 47.7 Å². The number of pyridine rings is 2. The van der Waals surface area contributed by atoms with Gasteiger partial charge in [0.25, 0.3) is 6.43 Å². The van der Waals surface area contributed by atoms with Crippen molar-refractivity contribution < 1.29 is 33.3 Å². The van der Waals surface area contributed by atoms with Gasteiger partial charge >= 0.3 is 0 Å². The molecule has 2 N–H and O–H groups in total. The molecule has 4 rings (SSSR count). The van der Waals surface area contributed by atoms with Gasteiger partial charge in [-0.05, 0) is 18.2 Å². The molecule has 0 radical (unpaired) electrons. The Bertz CT molecular complexity index is 1260. The van der Waals surface area contributed by atoms with Crippen molar-refractivity contribution in [3.8, 4) is 5.75 Å². The first-order chi connectivity index (χ1) is 16.7. The lowest BCUT2D eigenvalue weighted by atomic mass is 9.97. The van der Waals surface area contributed by atoms with E-state index in [9.17, 15) is 23.5 Å². The van der Waals surface area contributed by atoms with E-state index in [1.165, 1.54) is 36.5 Å². The quantitative estimate of drug-likeness (QED) is 0.264. The molecule has 13 heteroatoms. The number of fused-ring (bicyclic) bond motifs is 1. The summed E-state index contributed by atoms with van der Waals surface area (Å²) in [5.74, 6) is -1.22. The number of carbonyl (C=O) groups excluding carboxylic acids is 2. The highest BCUT2D eigenvalue weighted by atomic mass is 32.2. The number of aromatic nitrogens is 4. The van der Waals surface area contributed by atoms with E-state index < -0.39 is 30.4 Å². The fourth-order valence-corrected chi connectivity index (χ4v) is 4.57. The largest absolute Gasteiger partial charge is 0.495 e. The second kappa shape index (κ2) is 10.1. The molecule has 1 atom stereocenters. The lowest BCUT2D eigenvalue weighted by molar-refractivity contribution is -0.134. The Kier molecular flexibility index (Phi) is 7.19. The average molecular weight is 506 g/mol. The number of methoxy groups -OCH3 is 1. The second-order valence-corrected chi connectivity index (χ2v) is 8.80. The van der Waals surface area contributed by atoms with Crippen LogP contribution in [0.15, 0.2) is 35.6 Å². The molecule has 0 saturated carbocycles. The van der Waals surface area contributed by atoms with Crippen LogP contribution in [0.5, 0.6) is 5.75 Å². The van der Waals surface area contributed by atoms with Crippen molar-refractivity contribution in [3.63, 3.8) is 0 Å². The number of β-amino-alcohol motifs (C(OH)–C–C–N with tert-alkyl or cyclic N) is 1. The number of thioether (sulfide) groups is 1. The lowest BCUT2D eigenvalue weighted by Crippen LogP contribution is -2.36. The maximum Gasteiger partial charge on any atom is 0.297 e. The van der Waals surface area contributed by atoms with E-state index >= 15 is 0 Å². The number of amides is 1.